The number of methoxy groups -OCH3 is 2. The van der Waals surface area contributed by atoms with E-state index in [1.54, 1.807) is 14.2 Å². The van der Waals surface area contributed by atoms with E-state index in [4.69, 9.17) is 9.47 Å². The first-order valence-corrected chi connectivity index (χ1v) is 11.9. The van der Waals surface area contributed by atoms with E-state index in [-0.39, 0.29) is 5.78 Å². The molecule has 0 radical (unpaired) electrons. The molecule has 35 heavy (non-hydrogen) atoms. The smallest absolute Gasteiger partial charge is 0.213 e. The second-order valence-electron chi connectivity index (χ2n) is 8.77. The molecule has 1 N–H and O–H groups in total. The number of nitrogens with zero attached hydrogens (tertiary/aromatic N) is 2. The lowest BCUT2D eigenvalue weighted by Crippen LogP contribution is -2.46. The number of aromatic amines is 1. The van der Waals surface area contributed by atoms with Crippen molar-refractivity contribution in [2.75, 3.05) is 45.3 Å². The summed E-state index contributed by atoms with van der Waals surface area (Å²) >= 11 is 0. The highest BCUT2D eigenvalue weighted by Crippen LogP contribution is 2.33. The van der Waals surface area contributed by atoms with Gasteiger partial charge in [-0.1, -0.05) is 30.3 Å². The number of hydrogen-bond acceptors (Lipinski definition) is 5. The van der Waals surface area contributed by atoms with Crippen molar-refractivity contribution in [2.24, 2.45) is 0 Å². The second-order valence-corrected chi connectivity index (χ2v) is 8.77. The monoisotopic (exact) mass is 468 g/mol. The van der Waals surface area contributed by atoms with E-state index in [2.05, 4.69) is 45.1 Å². The summed E-state index contributed by atoms with van der Waals surface area (Å²) in [7, 11) is 3.29. The number of carbonyl (C=O) groups excluding carboxylic acids is 1. The predicted molar refractivity (Wildman–Crippen MR) is 137 cm³/mol. The Morgan fingerprint density at radius 3 is 2.23 bits per heavy atom. The molecule has 4 aromatic rings. The number of ketones is 1. The fourth-order valence-electron chi connectivity index (χ4n) is 4.72. The van der Waals surface area contributed by atoms with Crippen molar-refractivity contribution in [3.8, 4) is 11.5 Å². The van der Waals surface area contributed by atoms with Crippen molar-refractivity contribution in [3.05, 3.63) is 95.7 Å². The lowest BCUT2D eigenvalue weighted by atomic mass is 9.99. The molecule has 1 aliphatic heterocycles. The molecule has 1 fully saturated rings. The highest BCUT2D eigenvalue weighted by molar-refractivity contribution is 6.15. The third-order valence-electron chi connectivity index (χ3n) is 6.64. The normalized spacial score (nSPS) is 14.2. The minimum absolute atomic E-state index is 0.0182. The number of carbonyl (C=O) groups is 1. The van der Waals surface area contributed by atoms with Crippen molar-refractivity contribution in [2.45, 2.75) is 6.54 Å². The van der Waals surface area contributed by atoms with Gasteiger partial charge in [-0.25, -0.2) is 4.98 Å². The summed E-state index contributed by atoms with van der Waals surface area (Å²) in [5, 5.41) is 0.986. The van der Waals surface area contributed by atoms with E-state index in [1.807, 2.05) is 48.7 Å². The van der Waals surface area contributed by atoms with Crippen LogP contribution >= 0.6 is 0 Å². The van der Waals surface area contributed by atoms with Gasteiger partial charge in [-0.15, -0.1) is 0 Å². The number of benzene rings is 3. The van der Waals surface area contributed by atoms with Crippen LogP contribution in [0.3, 0.4) is 0 Å². The van der Waals surface area contributed by atoms with Gasteiger partial charge in [0.05, 0.1) is 25.3 Å². The first kappa shape index (κ1) is 22.9. The number of rotatable bonds is 7. The molecule has 1 aromatic heterocycles. The highest BCUT2D eigenvalue weighted by atomic mass is 16.5. The average Bonchev–Trinajstić information content (AvgIpc) is 2.93. The zero-order chi connectivity index (χ0) is 24.2. The maximum absolute atomic E-state index is 13.7. The van der Waals surface area contributed by atoms with Gasteiger partial charge < -0.3 is 14.4 Å². The summed E-state index contributed by atoms with van der Waals surface area (Å²) in [4.78, 5) is 21.8. The molecule has 0 atom stereocenters. The molecule has 1 saturated heterocycles. The molecule has 6 heteroatoms. The SMILES string of the molecule is COc1ccc(C(=O)c2c[nH+]c3ccc(OC)cc3c2N2CCN(Cc3ccccc3)CC2)cc1. The van der Waals surface area contributed by atoms with Crippen LogP contribution in [0.15, 0.2) is 79.0 Å². The van der Waals surface area contributed by atoms with Crippen LogP contribution < -0.4 is 19.4 Å². The first-order chi connectivity index (χ1) is 17.2. The van der Waals surface area contributed by atoms with Gasteiger partial charge in [-0.05, 0) is 42.0 Å². The van der Waals surface area contributed by atoms with Crippen LogP contribution in [0.4, 0.5) is 5.69 Å². The van der Waals surface area contributed by atoms with E-state index < -0.39 is 0 Å². The van der Waals surface area contributed by atoms with Crippen LogP contribution in [-0.2, 0) is 6.54 Å². The van der Waals surface area contributed by atoms with Gasteiger partial charge in [0.25, 0.3) is 0 Å². The van der Waals surface area contributed by atoms with Gasteiger partial charge in [0.1, 0.15) is 17.1 Å². The standard InChI is InChI=1S/C29H29N3O3/c1-34-23-10-8-22(9-11-23)29(33)26-19-30-27-13-12-24(35-2)18-25(27)28(26)32-16-14-31(15-17-32)20-21-6-4-3-5-7-21/h3-13,18-19H,14-17,20H2,1-2H3/p+1. The fraction of sp³-hybridized carbons (Fsp3) is 0.241. The molecule has 2 heterocycles. The van der Waals surface area contributed by atoms with E-state index in [0.29, 0.717) is 11.1 Å². The molecule has 6 nitrogen and oxygen atoms in total. The van der Waals surface area contributed by atoms with Crippen molar-refractivity contribution in [1.82, 2.24) is 4.90 Å². The number of ether oxygens (including phenoxy) is 2. The molecule has 3 aromatic carbocycles. The molecule has 1 aliphatic rings. The molecule has 5 rings (SSSR count). The highest BCUT2D eigenvalue weighted by Gasteiger charge is 2.27. The minimum Gasteiger partial charge on any atom is -0.497 e. The maximum atomic E-state index is 13.7. The Balaban J connectivity index is 1.49. The van der Waals surface area contributed by atoms with E-state index >= 15 is 0 Å². The largest absolute Gasteiger partial charge is 0.497 e. The number of H-pyrrole nitrogens is 1. The van der Waals surface area contributed by atoms with Gasteiger partial charge in [0.2, 0.25) is 11.3 Å². The third kappa shape index (κ3) is 4.84. The molecule has 0 unspecified atom stereocenters. The zero-order valence-electron chi connectivity index (χ0n) is 20.2. The Morgan fingerprint density at radius 2 is 1.54 bits per heavy atom. The van der Waals surface area contributed by atoms with Crippen LogP contribution in [0.2, 0.25) is 0 Å². The number of pyridine rings is 1. The lowest BCUT2D eigenvalue weighted by Gasteiger charge is -2.37. The number of aromatic nitrogens is 1. The molecule has 0 saturated carbocycles. The Bertz CT molecular complexity index is 1310. The maximum Gasteiger partial charge on any atom is 0.213 e. The molecule has 0 aliphatic carbocycles. The van der Waals surface area contributed by atoms with Crippen molar-refractivity contribution in [1.29, 1.82) is 0 Å². The quantitative estimate of drug-likeness (QED) is 0.380. The summed E-state index contributed by atoms with van der Waals surface area (Å²) in [6.45, 7) is 4.46. The minimum atomic E-state index is -0.0182. The summed E-state index contributed by atoms with van der Waals surface area (Å²) in [5.41, 5.74) is 4.54. The van der Waals surface area contributed by atoms with Crippen molar-refractivity contribution >= 4 is 22.4 Å². The van der Waals surface area contributed by atoms with Gasteiger partial charge in [0, 0.05) is 44.4 Å². The predicted octanol–water partition coefficient (Wildman–Crippen LogP) is 4.22. The Morgan fingerprint density at radius 1 is 0.857 bits per heavy atom. The molecule has 178 valence electrons. The van der Waals surface area contributed by atoms with Crippen LogP contribution in [0, 0.1) is 0 Å². The van der Waals surface area contributed by atoms with Gasteiger partial charge >= 0.3 is 0 Å². The number of nitrogens with one attached hydrogen (secondary N) is 1. The first-order valence-electron chi connectivity index (χ1n) is 11.9. The molecular weight excluding hydrogens is 438 g/mol. The van der Waals surface area contributed by atoms with E-state index in [9.17, 15) is 4.79 Å². The zero-order valence-corrected chi connectivity index (χ0v) is 20.2. The summed E-state index contributed by atoms with van der Waals surface area (Å²) in [5.74, 6) is 1.48. The average molecular weight is 469 g/mol. The number of fused-ring (bicyclic) bond motifs is 1. The number of anilines is 1. The molecule has 0 spiro atoms. The van der Waals surface area contributed by atoms with Gasteiger partial charge in [-0.3, -0.25) is 9.69 Å². The summed E-state index contributed by atoms with van der Waals surface area (Å²) in [6.07, 6.45) is 1.84. The Kier molecular flexibility index (Phi) is 6.64. The van der Waals surface area contributed by atoms with Gasteiger partial charge in [0.15, 0.2) is 6.20 Å². The number of hydrogen-bond donors (Lipinski definition) is 0. The van der Waals surface area contributed by atoms with Crippen molar-refractivity contribution in [3.63, 3.8) is 0 Å². The summed E-state index contributed by atoms with van der Waals surface area (Å²) in [6, 6.07) is 23.8. The van der Waals surface area contributed by atoms with E-state index in [0.717, 1.165) is 60.8 Å². The van der Waals surface area contributed by atoms with Crippen LogP contribution in [0.5, 0.6) is 11.5 Å². The number of piperazine rings is 1. The van der Waals surface area contributed by atoms with Gasteiger partial charge in [-0.2, -0.15) is 0 Å². The van der Waals surface area contributed by atoms with Crippen LogP contribution in [0.1, 0.15) is 21.5 Å². The van der Waals surface area contributed by atoms with Crippen LogP contribution in [-0.4, -0.2) is 51.1 Å². The van der Waals surface area contributed by atoms with Crippen LogP contribution in [0.25, 0.3) is 10.9 Å². The molecule has 0 bridgehead atoms. The molecular formula is C29H30N3O3+. The third-order valence-corrected chi connectivity index (χ3v) is 6.64. The topological polar surface area (TPSA) is 56.2 Å². The second kappa shape index (κ2) is 10.2. The fourth-order valence-corrected chi connectivity index (χ4v) is 4.72. The Labute approximate surface area is 205 Å². The Hall–Kier alpha value is -3.90. The van der Waals surface area contributed by atoms with E-state index in [1.165, 1.54) is 5.56 Å². The molecule has 0 amide bonds. The van der Waals surface area contributed by atoms with Crippen molar-refractivity contribution < 1.29 is 19.3 Å². The lowest BCUT2D eigenvalue weighted by molar-refractivity contribution is -0.344. The summed E-state index contributed by atoms with van der Waals surface area (Å²) < 4.78 is 10.8.